The molecule has 0 unspecified atom stereocenters. The highest BCUT2D eigenvalue weighted by atomic mass is 19.1. The molecule has 0 saturated carbocycles. The van der Waals surface area contributed by atoms with Crippen molar-refractivity contribution in [1.82, 2.24) is 4.98 Å². The van der Waals surface area contributed by atoms with Gasteiger partial charge in [-0.2, -0.15) is 0 Å². The number of benzene rings is 2. The fourth-order valence-electron chi connectivity index (χ4n) is 2.42. The summed E-state index contributed by atoms with van der Waals surface area (Å²) in [6.07, 6.45) is 2.06. The lowest BCUT2D eigenvalue weighted by atomic mass is 10.2. The number of aryl methyl sites for hydroxylation is 1. The number of methoxy groups -OCH3 is 1. The van der Waals surface area contributed by atoms with Crippen LogP contribution >= 0.6 is 0 Å². The minimum Gasteiger partial charge on any atom is -0.465 e. The number of rotatable bonds is 6. The molecule has 0 bridgehead atoms. The first-order valence-electron chi connectivity index (χ1n) is 8.24. The number of esters is 1. The van der Waals surface area contributed by atoms with Crippen molar-refractivity contribution < 1.29 is 23.1 Å². The number of amides is 1. The highest BCUT2D eigenvalue weighted by Crippen LogP contribution is 2.21. The molecule has 0 saturated heterocycles. The molecule has 1 amide bonds. The summed E-state index contributed by atoms with van der Waals surface area (Å²) in [4.78, 5) is 27.6. The molecule has 3 rings (SSSR count). The fraction of sp³-hybridized carbons (Fsp3) is 0.150. The van der Waals surface area contributed by atoms with Gasteiger partial charge in [-0.25, -0.2) is 14.2 Å². The van der Waals surface area contributed by atoms with Gasteiger partial charge in [0.25, 0.3) is 0 Å². The highest BCUT2D eigenvalue weighted by Gasteiger charge is 2.10. The van der Waals surface area contributed by atoms with Crippen LogP contribution in [0.4, 0.5) is 10.1 Å². The van der Waals surface area contributed by atoms with Crippen molar-refractivity contribution in [3.63, 3.8) is 0 Å². The Morgan fingerprint density at radius 2 is 1.81 bits per heavy atom. The Morgan fingerprint density at radius 1 is 1.11 bits per heavy atom. The van der Waals surface area contributed by atoms with Crippen LogP contribution in [0.25, 0.3) is 11.3 Å². The largest absolute Gasteiger partial charge is 0.465 e. The minimum atomic E-state index is -0.436. The summed E-state index contributed by atoms with van der Waals surface area (Å²) >= 11 is 0. The van der Waals surface area contributed by atoms with Crippen molar-refractivity contribution in [2.75, 3.05) is 12.4 Å². The quantitative estimate of drug-likeness (QED) is 0.669. The van der Waals surface area contributed by atoms with Crippen LogP contribution in [0.5, 0.6) is 0 Å². The van der Waals surface area contributed by atoms with Gasteiger partial charge in [0, 0.05) is 24.1 Å². The van der Waals surface area contributed by atoms with Gasteiger partial charge in [0.15, 0.2) is 11.7 Å². The van der Waals surface area contributed by atoms with Crippen molar-refractivity contribution in [2.24, 2.45) is 0 Å². The maximum absolute atomic E-state index is 13.0. The summed E-state index contributed by atoms with van der Waals surface area (Å²) in [7, 11) is 1.31. The standard InChI is InChI=1S/C20H17FN2O4/c1-26-20(25)14-4-8-16(9-5-14)23-18(24)10-11-19-22-12-17(27-19)13-2-6-15(21)7-3-13/h2-9,12H,10-11H2,1H3,(H,23,24). The highest BCUT2D eigenvalue weighted by molar-refractivity contribution is 5.93. The summed E-state index contributed by atoms with van der Waals surface area (Å²) in [5, 5.41) is 2.74. The summed E-state index contributed by atoms with van der Waals surface area (Å²) in [6.45, 7) is 0. The van der Waals surface area contributed by atoms with Crippen LogP contribution < -0.4 is 5.32 Å². The molecule has 0 atom stereocenters. The third kappa shape index (κ3) is 4.78. The van der Waals surface area contributed by atoms with E-state index >= 15 is 0 Å². The SMILES string of the molecule is COC(=O)c1ccc(NC(=O)CCc2ncc(-c3ccc(F)cc3)o2)cc1. The second-order valence-corrected chi connectivity index (χ2v) is 5.74. The first kappa shape index (κ1) is 18.3. The fourth-order valence-corrected chi connectivity index (χ4v) is 2.42. The van der Waals surface area contributed by atoms with Gasteiger partial charge in [0.2, 0.25) is 5.91 Å². The van der Waals surface area contributed by atoms with E-state index in [4.69, 9.17) is 4.42 Å². The maximum atomic E-state index is 13.0. The van der Waals surface area contributed by atoms with Gasteiger partial charge in [-0.1, -0.05) is 0 Å². The number of hydrogen-bond donors (Lipinski definition) is 1. The van der Waals surface area contributed by atoms with E-state index in [-0.39, 0.29) is 18.1 Å². The predicted molar refractivity (Wildman–Crippen MR) is 96.6 cm³/mol. The van der Waals surface area contributed by atoms with Crippen LogP contribution in [0.3, 0.4) is 0 Å². The average molecular weight is 368 g/mol. The Hall–Kier alpha value is -3.48. The number of carbonyl (C=O) groups is 2. The van der Waals surface area contributed by atoms with E-state index in [0.717, 1.165) is 0 Å². The molecule has 0 aliphatic carbocycles. The Bertz CT molecular complexity index is 933. The van der Waals surface area contributed by atoms with E-state index in [2.05, 4.69) is 15.0 Å². The summed E-state index contributed by atoms with van der Waals surface area (Å²) in [5.74, 6) is -0.0276. The van der Waals surface area contributed by atoms with E-state index in [0.29, 0.717) is 34.9 Å². The Labute approximate surface area is 155 Å². The molecule has 7 heteroatoms. The monoisotopic (exact) mass is 368 g/mol. The third-order valence-corrected chi connectivity index (χ3v) is 3.84. The van der Waals surface area contributed by atoms with Crippen molar-refractivity contribution in [3.8, 4) is 11.3 Å². The third-order valence-electron chi connectivity index (χ3n) is 3.84. The van der Waals surface area contributed by atoms with Crippen molar-refractivity contribution in [3.05, 3.63) is 72.0 Å². The van der Waals surface area contributed by atoms with Gasteiger partial charge >= 0.3 is 5.97 Å². The zero-order chi connectivity index (χ0) is 19.2. The van der Waals surface area contributed by atoms with Gasteiger partial charge in [-0.05, 0) is 48.5 Å². The normalized spacial score (nSPS) is 10.4. The second-order valence-electron chi connectivity index (χ2n) is 5.74. The molecular weight excluding hydrogens is 351 g/mol. The number of hydrogen-bond acceptors (Lipinski definition) is 5. The lowest BCUT2D eigenvalue weighted by molar-refractivity contribution is -0.116. The first-order valence-corrected chi connectivity index (χ1v) is 8.24. The molecule has 0 fully saturated rings. The van der Waals surface area contributed by atoms with E-state index in [9.17, 15) is 14.0 Å². The number of anilines is 1. The molecule has 0 spiro atoms. The van der Waals surface area contributed by atoms with Crippen molar-refractivity contribution in [2.45, 2.75) is 12.8 Å². The smallest absolute Gasteiger partial charge is 0.337 e. The second kappa shape index (κ2) is 8.27. The van der Waals surface area contributed by atoms with E-state index in [1.165, 1.54) is 19.2 Å². The van der Waals surface area contributed by atoms with Crippen LogP contribution in [0.1, 0.15) is 22.7 Å². The molecule has 1 N–H and O–H groups in total. The lowest BCUT2D eigenvalue weighted by Gasteiger charge is -2.05. The Morgan fingerprint density at radius 3 is 2.48 bits per heavy atom. The molecule has 1 heterocycles. The molecule has 27 heavy (non-hydrogen) atoms. The number of nitrogens with one attached hydrogen (secondary N) is 1. The zero-order valence-electron chi connectivity index (χ0n) is 14.6. The molecule has 0 aliphatic heterocycles. The molecule has 0 radical (unpaired) electrons. The molecule has 6 nitrogen and oxygen atoms in total. The summed E-state index contributed by atoms with van der Waals surface area (Å²) < 4.78 is 23.2. The topological polar surface area (TPSA) is 81.4 Å². The van der Waals surface area contributed by atoms with Gasteiger partial charge in [0.1, 0.15) is 5.82 Å². The van der Waals surface area contributed by atoms with E-state index < -0.39 is 5.97 Å². The maximum Gasteiger partial charge on any atom is 0.337 e. The first-order chi connectivity index (χ1) is 13.0. The lowest BCUT2D eigenvalue weighted by Crippen LogP contribution is -2.12. The molecule has 3 aromatic rings. The van der Waals surface area contributed by atoms with E-state index in [1.807, 2.05) is 0 Å². The number of halogens is 1. The molecule has 2 aromatic carbocycles. The predicted octanol–water partition coefficient (Wildman–Crippen LogP) is 3.84. The van der Waals surface area contributed by atoms with Gasteiger partial charge in [0.05, 0.1) is 18.9 Å². The van der Waals surface area contributed by atoms with Crippen molar-refractivity contribution in [1.29, 1.82) is 0 Å². The Balaban J connectivity index is 1.53. The summed E-state index contributed by atoms with van der Waals surface area (Å²) in [5.41, 5.74) is 1.70. The van der Waals surface area contributed by atoms with Crippen LogP contribution in [-0.4, -0.2) is 24.0 Å². The zero-order valence-corrected chi connectivity index (χ0v) is 14.6. The molecule has 1 aromatic heterocycles. The van der Waals surface area contributed by atoms with Gasteiger partial charge < -0.3 is 14.5 Å². The van der Waals surface area contributed by atoms with E-state index in [1.54, 1.807) is 42.6 Å². The number of ether oxygens (including phenoxy) is 1. The molecular formula is C20H17FN2O4. The van der Waals surface area contributed by atoms with Gasteiger partial charge in [-0.15, -0.1) is 0 Å². The number of carbonyl (C=O) groups excluding carboxylic acids is 2. The number of nitrogens with zero attached hydrogens (tertiary/aromatic N) is 1. The average Bonchev–Trinajstić information content (AvgIpc) is 3.16. The van der Waals surface area contributed by atoms with Crippen LogP contribution in [0.15, 0.2) is 59.1 Å². The summed E-state index contributed by atoms with van der Waals surface area (Å²) in [6, 6.07) is 12.3. The number of aromatic nitrogens is 1. The number of oxazole rings is 1. The van der Waals surface area contributed by atoms with Crippen LogP contribution in [0.2, 0.25) is 0 Å². The minimum absolute atomic E-state index is 0.183. The Kier molecular flexibility index (Phi) is 5.61. The van der Waals surface area contributed by atoms with Gasteiger partial charge in [-0.3, -0.25) is 4.79 Å². The van der Waals surface area contributed by atoms with Crippen molar-refractivity contribution >= 4 is 17.6 Å². The van der Waals surface area contributed by atoms with Crippen LogP contribution in [0, 0.1) is 5.82 Å². The van der Waals surface area contributed by atoms with Crippen LogP contribution in [-0.2, 0) is 16.0 Å². The molecule has 138 valence electrons. The molecule has 0 aliphatic rings.